The summed E-state index contributed by atoms with van der Waals surface area (Å²) in [6, 6.07) is 0. The molecule has 0 fully saturated rings. The molecule has 0 saturated carbocycles. The van der Waals surface area contributed by atoms with Gasteiger partial charge in [-0.05, 0) is 0 Å². The van der Waals surface area contributed by atoms with Crippen LogP contribution in [0, 0.1) is 0 Å². The molecule has 0 spiro atoms. The van der Waals surface area contributed by atoms with E-state index in [1.807, 2.05) is 0 Å². The van der Waals surface area contributed by atoms with Crippen LogP contribution in [-0.4, -0.2) is 4.89 Å². The van der Waals surface area contributed by atoms with Gasteiger partial charge in [-0.1, -0.05) is 0 Å². The number of hydrogen-bond donors (Lipinski definition) is 1. The van der Waals surface area contributed by atoms with E-state index in [1.54, 1.807) is 0 Å². The summed E-state index contributed by atoms with van der Waals surface area (Å²) in [5.41, 5.74) is 0. The highest BCUT2D eigenvalue weighted by Gasteiger charge is 2.11. The fraction of sp³-hybridized carbons (Fsp3) is 0. The fourth-order valence-electron chi connectivity index (χ4n) is 0. The van der Waals surface area contributed by atoms with Crippen LogP contribution < -0.4 is 0 Å². The predicted octanol–water partition coefficient (Wildman–Crippen LogP) is 0.863. The smallest absolute Gasteiger partial charge is 0.299 e. The van der Waals surface area contributed by atoms with Crippen LogP contribution in [0.4, 0.5) is 4.20 Å². The Balaban J connectivity index is 3.48. The molecule has 2 unspecified atom stereocenters. The number of halogens is 1. The van der Waals surface area contributed by atoms with Crippen LogP contribution in [-0.2, 0) is 8.88 Å². The molecule has 0 radical (unpaired) electrons. The van der Waals surface area contributed by atoms with Gasteiger partial charge in [-0.25, -0.2) is 4.57 Å². The zero-order chi connectivity index (χ0) is 5.21. The molecule has 6 heteroatoms. The van der Waals surface area contributed by atoms with Crippen LogP contribution in [0.2, 0.25) is 0 Å². The van der Waals surface area contributed by atoms with Crippen LogP contribution >= 0.6 is 17.4 Å². The minimum atomic E-state index is -4.68. The lowest BCUT2D eigenvalue weighted by molar-refractivity contribution is 0.348. The lowest BCUT2D eigenvalue weighted by atomic mass is 15.8. The summed E-state index contributed by atoms with van der Waals surface area (Å²) in [5, 5.41) is 0. The Morgan fingerprint density at radius 2 is 2.17 bits per heavy atom. The molecule has 2 atom stereocenters. The molecule has 1 N–H and O–H groups in total. The highest BCUT2D eigenvalue weighted by atomic mass is 31.2. The van der Waals surface area contributed by atoms with Gasteiger partial charge in [-0.15, -0.1) is 4.20 Å². The van der Waals surface area contributed by atoms with Crippen molar-refractivity contribution in [2.24, 2.45) is 0 Å². The first kappa shape index (κ1) is 6.51. The van der Waals surface area contributed by atoms with Crippen LogP contribution in [0.25, 0.3) is 0 Å². The molecule has 0 aromatic carbocycles. The third-order valence-electron chi connectivity index (χ3n) is 0.130. The maximum absolute atomic E-state index is 11.0. The quantitative estimate of drug-likeness (QED) is 0.538. The second-order valence-electron chi connectivity index (χ2n) is 0.557. The zero-order valence-electron chi connectivity index (χ0n) is 2.67. The second-order valence-corrected chi connectivity index (χ2v) is 2.30. The van der Waals surface area contributed by atoms with E-state index in [0.717, 1.165) is 0 Å². The van der Waals surface area contributed by atoms with Crippen molar-refractivity contribution in [1.29, 1.82) is 0 Å². The normalized spacial score (nSPS) is 19.8. The zero-order valence-corrected chi connectivity index (χ0v) is 4.72. The molecule has 0 rings (SSSR count). The highest BCUT2D eigenvalue weighted by molar-refractivity contribution is 7.51. The fourth-order valence-corrected chi connectivity index (χ4v) is 0. The van der Waals surface area contributed by atoms with Gasteiger partial charge in [0.2, 0.25) is 0 Å². The lowest BCUT2D eigenvalue weighted by Crippen LogP contribution is -1.61. The third-order valence-corrected chi connectivity index (χ3v) is 1.17. The first-order valence-corrected chi connectivity index (χ1v) is 2.91. The largest absolute Gasteiger partial charge is 0.513 e. The van der Waals surface area contributed by atoms with Gasteiger partial charge >= 0.3 is 7.91 Å². The Bertz CT molecular complexity index is 72.9. The molecule has 6 heavy (non-hydrogen) atoms. The Hall–Kier alpha value is 0.510. The van der Waals surface area contributed by atoms with E-state index in [-0.39, 0.29) is 0 Å². The summed E-state index contributed by atoms with van der Waals surface area (Å²) in [5.74, 6) is 0. The lowest BCUT2D eigenvalue weighted by Gasteiger charge is -1.89. The van der Waals surface area contributed by atoms with Gasteiger partial charge in [-0.2, -0.15) is 0 Å². The summed E-state index contributed by atoms with van der Waals surface area (Å²) >= 11 is 0. The first-order valence-electron chi connectivity index (χ1n) is 0.970. The SMILES string of the molecule is O=P(O)(F)OP. The molecule has 0 saturated heterocycles. The molecular formula is H3FO3P2. The van der Waals surface area contributed by atoms with Crippen molar-refractivity contribution in [3.05, 3.63) is 0 Å². The van der Waals surface area contributed by atoms with Gasteiger partial charge in [0.05, 0.1) is 0 Å². The van der Waals surface area contributed by atoms with Crippen LogP contribution in [0.15, 0.2) is 0 Å². The van der Waals surface area contributed by atoms with Gasteiger partial charge in [0.1, 0.15) is 0 Å². The number of rotatable bonds is 1. The van der Waals surface area contributed by atoms with Crippen molar-refractivity contribution >= 4 is 17.4 Å². The van der Waals surface area contributed by atoms with Crippen LogP contribution in [0.3, 0.4) is 0 Å². The molecular weight excluding hydrogens is 129 g/mol. The Morgan fingerprint density at radius 3 is 2.17 bits per heavy atom. The van der Waals surface area contributed by atoms with Crippen molar-refractivity contribution in [3.63, 3.8) is 0 Å². The summed E-state index contributed by atoms with van der Waals surface area (Å²) in [7, 11) is -3.35. The molecule has 3 nitrogen and oxygen atoms in total. The van der Waals surface area contributed by atoms with E-state index in [4.69, 9.17) is 4.89 Å². The Kier molecular flexibility index (Phi) is 2.16. The highest BCUT2D eigenvalue weighted by Crippen LogP contribution is 2.45. The standard InChI is InChI=1S/FH3O3P2/c1-6(2,3)4-5/h5H2,(H,2,3). The second kappa shape index (κ2) is 1.99. The maximum Gasteiger partial charge on any atom is 0.513 e. The van der Waals surface area contributed by atoms with E-state index in [2.05, 4.69) is 4.31 Å². The molecule has 38 valence electrons. The van der Waals surface area contributed by atoms with Gasteiger partial charge in [0.15, 0.2) is 0 Å². The minimum absolute atomic E-state index is 1.34. The van der Waals surface area contributed by atoms with Crippen molar-refractivity contribution < 1.29 is 18.0 Å². The van der Waals surface area contributed by atoms with Crippen LogP contribution in [0.1, 0.15) is 0 Å². The van der Waals surface area contributed by atoms with Gasteiger partial charge < -0.3 is 0 Å². The molecule has 0 aliphatic heterocycles. The van der Waals surface area contributed by atoms with Gasteiger partial charge in [-0.3, -0.25) is 9.20 Å². The molecule has 0 bridgehead atoms. The number of hydrogen-bond acceptors (Lipinski definition) is 2. The minimum Gasteiger partial charge on any atom is -0.299 e. The van der Waals surface area contributed by atoms with E-state index in [9.17, 15) is 8.76 Å². The van der Waals surface area contributed by atoms with Crippen molar-refractivity contribution in [2.75, 3.05) is 0 Å². The van der Waals surface area contributed by atoms with Gasteiger partial charge in [0, 0.05) is 9.47 Å². The van der Waals surface area contributed by atoms with Crippen molar-refractivity contribution in [2.45, 2.75) is 0 Å². The van der Waals surface area contributed by atoms with Crippen molar-refractivity contribution in [1.82, 2.24) is 0 Å². The average molecular weight is 132 g/mol. The predicted molar refractivity (Wildman–Crippen MR) is 21.7 cm³/mol. The Labute approximate surface area is 36.4 Å². The molecule has 0 amide bonds. The summed E-state index contributed by atoms with van der Waals surface area (Å²) < 4.78 is 23.5. The molecule has 0 aromatic rings. The van der Waals surface area contributed by atoms with E-state index < -0.39 is 7.91 Å². The van der Waals surface area contributed by atoms with Gasteiger partial charge in [0.25, 0.3) is 0 Å². The summed E-state index contributed by atoms with van der Waals surface area (Å²) in [6.45, 7) is 0. The molecule has 0 aliphatic rings. The topological polar surface area (TPSA) is 46.5 Å². The summed E-state index contributed by atoms with van der Waals surface area (Å²) in [4.78, 5) is 7.47. The Morgan fingerprint density at radius 1 is 2.00 bits per heavy atom. The maximum atomic E-state index is 11.0. The van der Waals surface area contributed by atoms with Crippen molar-refractivity contribution in [3.8, 4) is 0 Å². The van der Waals surface area contributed by atoms with E-state index >= 15 is 0 Å². The first-order chi connectivity index (χ1) is 2.56. The summed E-state index contributed by atoms with van der Waals surface area (Å²) in [6.07, 6.45) is 0. The monoisotopic (exact) mass is 132 g/mol. The third kappa shape index (κ3) is 4.51. The van der Waals surface area contributed by atoms with E-state index in [0.29, 0.717) is 0 Å². The van der Waals surface area contributed by atoms with E-state index in [1.165, 1.54) is 9.47 Å². The molecule has 0 heterocycles. The average Bonchev–Trinajstić information content (AvgIpc) is 1.35. The molecule has 0 aliphatic carbocycles. The molecule has 0 aromatic heterocycles. The van der Waals surface area contributed by atoms with Crippen LogP contribution in [0.5, 0.6) is 0 Å².